The molecule has 1 amide bonds. The fraction of sp³-hybridized carbons (Fsp3) is 0.500. The molecule has 1 rings (SSSR count). The summed E-state index contributed by atoms with van der Waals surface area (Å²) < 4.78 is 1.11. The van der Waals surface area contributed by atoms with Crippen LogP contribution in [0.25, 0.3) is 0 Å². The van der Waals surface area contributed by atoms with Gasteiger partial charge in [0.1, 0.15) is 0 Å². The van der Waals surface area contributed by atoms with Crippen molar-refractivity contribution in [1.29, 1.82) is 0 Å². The Morgan fingerprint density at radius 1 is 1.39 bits per heavy atom. The van der Waals surface area contributed by atoms with Crippen LogP contribution < -0.4 is 5.32 Å². The molecule has 18 heavy (non-hydrogen) atoms. The average molecular weight is 330 g/mol. The number of rotatable bonds is 7. The zero-order valence-electron chi connectivity index (χ0n) is 10.9. The maximum Gasteiger partial charge on any atom is 0.230 e. The maximum atomic E-state index is 11.6. The van der Waals surface area contributed by atoms with Crippen LogP contribution in [0.5, 0.6) is 0 Å². The van der Waals surface area contributed by atoms with Crippen molar-refractivity contribution in [3.63, 3.8) is 0 Å². The van der Waals surface area contributed by atoms with Gasteiger partial charge in [0, 0.05) is 16.8 Å². The van der Waals surface area contributed by atoms with E-state index in [9.17, 15) is 4.79 Å². The molecular weight excluding hydrogens is 310 g/mol. The van der Waals surface area contributed by atoms with E-state index in [0.29, 0.717) is 11.7 Å². The molecule has 100 valence electrons. The summed E-state index contributed by atoms with van der Waals surface area (Å²) in [5, 5.41) is 2.94. The summed E-state index contributed by atoms with van der Waals surface area (Å²) in [7, 11) is 0. The van der Waals surface area contributed by atoms with Gasteiger partial charge < -0.3 is 5.32 Å². The Balaban J connectivity index is 2.18. The molecule has 0 atom stereocenters. The highest BCUT2D eigenvalue weighted by molar-refractivity contribution is 9.10. The Bertz CT molecular complexity index is 382. The minimum absolute atomic E-state index is 0.132. The molecule has 1 aromatic carbocycles. The Hall–Kier alpha value is -0.480. The Labute approximate surface area is 122 Å². The van der Waals surface area contributed by atoms with Crippen LogP contribution in [0.2, 0.25) is 0 Å². The van der Waals surface area contributed by atoms with Gasteiger partial charge in [-0.2, -0.15) is 0 Å². The molecule has 0 aliphatic rings. The van der Waals surface area contributed by atoms with E-state index in [0.717, 1.165) is 23.2 Å². The van der Waals surface area contributed by atoms with E-state index in [1.54, 1.807) is 11.8 Å². The molecule has 1 N–H and O–H groups in total. The summed E-state index contributed by atoms with van der Waals surface area (Å²) in [5.74, 6) is 2.16. The van der Waals surface area contributed by atoms with Gasteiger partial charge in [0.15, 0.2) is 0 Å². The first-order chi connectivity index (χ1) is 8.59. The number of carbonyl (C=O) groups is 1. The van der Waals surface area contributed by atoms with Gasteiger partial charge in [-0.1, -0.05) is 48.0 Å². The lowest BCUT2D eigenvalue weighted by molar-refractivity contribution is -0.118. The highest BCUT2D eigenvalue weighted by atomic mass is 79.9. The van der Waals surface area contributed by atoms with Crippen molar-refractivity contribution in [3.05, 3.63) is 34.3 Å². The minimum Gasteiger partial charge on any atom is -0.355 e. The Kier molecular flexibility index (Phi) is 7.44. The number of thioether (sulfide) groups is 1. The van der Waals surface area contributed by atoms with Gasteiger partial charge in [0.25, 0.3) is 0 Å². The highest BCUT2D eigenvalue weighted by Gasteiger charge is 2.03. The molecule has 0 fully saturated rings. The van der Waals surface area contributed by atoms with Crippen LogP contribution in [0.3, 0.4) is 0 Å². The largest absolute Gasteiger partial charge is 0.355 e. The Morgan fingerprint density at radius 3 is 2.78 bits per heavy atom. The summed E-state index contributed by atoms with van der Waals surface area (Å²) in [4.78, 5) is 11.6. The van der Waals surface area contributed by atoms with Gasteiger partial charge in [-0.3, -0.25) is 4.79 Å². The lowest BCUT2D eigenvalue weighted by atomic mass is 10.1. The summed E-state index contributed by atoms with van der Waals surface area (Å²) >= 11 is 5.15. The van der Waals surface area contributed by atoms with Crippen LogP contribution >= 0.6 is 27.7 Å². The molecule has 0 heterocycles. The van der Waals surface area contributed by atoms with E-state index in [2.05, 4.69) is 41.2 Å². The SMILES string of the molecule is CC(C)CCNC(=O)CSCc1ccccc1Br. The molecular formula is C14H20BrNOS. The smallest absolute Gasteiger partial charge is 0.230 e. The molecule has 0 saturated carbocycles. The van der Waals surface area contributed by atoms with Gasteiger partial charge in [-0.15, -0.1) is 11.8 Å². The quantitative estimate of drug-likeness (QED) is 0.823. The van der Waals surface area contributed by atoms with Crippen molar-refractivity contribution in [2.45, 2.75) is 26.0 Å². The van der Waals surface area contributed by atoms with Crippen LogP contribution in [-0.2, 0) is 10.5 Å². The van der Waals surface area contributed by atoms with Crippen molar-refractivity contribution >= 4 is 33.6 Å². The molecule has 0 unspecified atom stereocenters. The van der Waals surface area contributed by atoms with Gasteiger partial charge in [-0.25, -0.2) is 0 Å². The first kappa shape index (κ1) is 15.6. The topological polar surface area (TPSA) is 29.1 Å². The molecule has 2 nitrogen and oxygen atoms in total. The van der Waals surface area contributed by atoms with Crippen LogP contribution in [0.15, 0.2) is 28.7 Å². The molecule has 4 heteroatoms. The first-order valence-electron chi connectivity index (χ1n) is 6.17. The van der Waals surface area contributed by atoms with E-state index in [1.165, 1.54) is 5.56 Å². The van der Waals surface area contributed by atoms with Crippen molar-refractivity contribution in [3.8, 4) is 0 Å². The van der Waals surface area contributed by atoms with Crippen molar-refractivity contribution < 1.29 is 4.79 Å². The predicted octanol–water partition coefficient (Wildman–Crippen LogP) is 3.84. The second kappa shape index (κ2) is 8.59. The number of nitrogens with one attached hydrogen (secondary N) is 1. The van der Waals surface area contributed by atoms with Gasteiger partial charge in [0.2, 0.25) is 5.91 Å². The van der Waals surface area contributed by atoms with E-state index in [-0.39, 0.29) is 5.91 Å². The number of benzene rings is 1. The highest BCUT2D eigenvalue weighted by Crippen LogP contribution is 2.20. The monoisotopic (exact) mass is 329 g/mol. The van der Waals surface area contributed by atoms with E-state index in [1.807, 2.05) is 18.2 Å². The molecule has 0 aliphatic carbocycles. The first-order valence-corrected chi connectivity index (χ1v) is 8.12. The third-order valence-electron chi connectivity index (χ3n) is 2.49. The summed E-state index contributed by atoms with van der Waals surface area (Å²) in [5.41, 5.74) is 1.23. The van der Waals surface area contributed by atoms with Crippen molar-refractivity contribution in [1.82, 2.24) is 5.32 Å². The molecule has 0 spiro atoms. The number of hydrogen-bond acceptors (Lipinski definition) is 2. The molecule has 0 bridgehead atoms. The molecule has 0 radical (unpaired) electrons. The predicted molar refractivity (Wildman–Crippen MR) is 82.8 cm³/mol. The van der Waals surface area contributed by atoms with Crippen LogP contribution in [0, 0.1) is 5.92 Å². The zero-order chi connectivity index (χ0) is 13.4. The minimum atomic E-state index is 0.132. The number of halogens is 1. The average Bonchev–Trinajstić information content (AvgIpc) is 2.31. The molecule has 0 aliphatic heterocycles. The molecule has 0 saturated heterocycles. The number of carbonyl (C=O) groups excluding carboxylic acids is 1. The lowest BCUT2D eigenvalue weighted by Crippen LogP contribution is -2.26. The summed E-state index contributed by atoms with van der Waals surface area (Å²) in [6.45, 7) is 5.10. The molecule has 1 aromatic rings. The van der Waals surface area contributed by atoms with Crippen molar-refractivity contribution in [2.24, 2.45) is 5.92 Å². The maximum absolute atomic E-state index is 11.6. The fourth-order valence-corrected chi connectivity index (χ4v) is 2.89. The van der Waals surface area contributed by atoms with Gasteiger partial charge >= 0.3 is 0 Å². The van der Waals surface area contributed by atoms with Gasteiger partial charge in [-0.05, 0) is 24.0 Å². The fourth-order valence-electron chi connectivity index (χ4n) is 1.42. The third kappa shape index (κ3) is 6.45. The van der Waals surface area contributed by atoms with Crippen LogP contribution in [0.1, 0.15) is 25.8 Å². The van der Waals surface area contributed by atoms with Crippen LogP contribution in [0.4, 0.5) is 0 Å². The van der Waals surface area contributed by atoms with E-state index in [4.69, 9.17) is 0 Å². The number of amides is 1. The van der Waals surface area contributed by atoms with E-state index < -0.39 is 0 Å². The normalized spacial score (nSPS) is 10.7. The van der Waals surface area contributed by atoms with Crippen molar-refractivity contribution in [2.75, 3.05) is 12.3 Å². The third-order valence-corrected chi connectivity index (χ3v) is 4.25. The second-order valence-electron chi connectivity index (χ2n) is 4.62. The standard InChI is InChI=1S/C14H20BrNOS/c1-11(2)7-8-16-14(17)10-18-9-12-5-3-4-6-13(12)15/h3-6,11H,7-10H2,1-2H3,(H,16,17). The zero-order valence-corrected chi connectivity index (χ0v) is 13.3. The second-order valence-corrected chi connectivity index (χ2v) is 6.46. The summed E-state index contributed by atoms with van der Waals surface area (Å²) in [6, 6.07) is 8.12. The van der Waals surface area contributed by atoms with Gasteiger partial charge in [0.05, 0.1) is 5.75 Å². The summed E-state index contributed by atoms with van der Waals surface area (Å²) in [6.07, 6.45) is 1.04. The lowest BCUT2D eigenvalue weighted by Gasteiger charge is -2.07. The van der Waals surface area contributed by atoms with E-state index >= 15 is 0 Å². The number of hydrogen-bond donors (Lipinski definition) is 1. The van der Waals surface area contributed by atoms with Crippen LogP contribution in [-0.4, -0.2) is 18.2 Å². The molecule has 0 aromatic heterocycles. The Morgan fingerprint density at radius 2 is 2.11 bits per heavy atom.